The standard InChI is InChI=1S/C15H14N4O/c1-18-10-16-9-13(18)15-17-6-7-19(15)12-3-2-4-14-11(12)5-8-20-14/h2-4,6-7,9-10H,5,8H2,1H3. The van der Waals surface area contributed by atoms with Crippen molar-refractivity contribution >= 4 is 0 Å². The van der Waals surface area contributed by atoms with Crippen molar-refractivity contribution in [2.45, 2.75) is 6.42 Å². The van der Waals surface area contributed by atoms with Crippen LogP contribution in [0, 0.1) is 0 Å². The Bertz CT molecular complexity index is 772. The fourth-order valence-corrected chi connectivity index (χ4v) is 2.69. The van der Waals surface area contributed by atoms with Crippen molar-refractivity contribution < 1.29 is 4.74 Å². The molecule has 0 amide bonds. The summed E-state index contributed by atoms with van der Waals surface area (Å²) in [5.41, 5.74) is 3.37. The van der Waals surface area contributed by atoms with Gasteiger partial charge < -0.3 is 9.30 Å². The van der Waals surface area contributed by atoms with Crippen molar-refractivity contribution in [1.29, 1.82) is 0 Å². The maximum atomic E-state index is 5.64. The molecule has 20 heavy (non-hydrogen) atoms. The van der Waals surface area contributed by atoms with E-state index in [1.54, 1.807) is 6.33 Å². The Hall–Kier alpha value is -2.56. The minimum absolute atomic E-state index is 0.752. The van der Waals surface area contributed by atoms with Crippen molar-refractivity contribution in [3.8, 4) is 23.0 Å². The topological polar surface area (TPSA) is 44.9 Å². The highest BCUT2D eigenvalue weighted by Crippen LogP contribution is 2.32. The van der Waals surface area contributed by atoms with Crippen molar-refractivity contribution in [3.63, 3.8) is 0 Å². The lowest BCUT2D eigenvalue weighted by Crippen LogP contribution is -2.02. The van der Waals surface area contributed by atoms with Gasteiger partial charge in [0.25, 0.3) is 0 Å². The van der Waals surface area contributed by atoms with E-state index in [1.807, 2.05) is 42.3 Å². The van der Waals surface area contributed by atoms with Gasteiger partial charge in [0, 0.05) is 31.4 Å². The predicted molar refractivity (Wildman–Crippen MR) is 75.0 cm³/mol. The summed E-state index contributed by atoms with van der Waals surface area (Å²) in [6.45, 7) is 0.752. The third-order valence-electron chi connectivity index (χ3n) is 3.66. The largest absolute Gasteiger partial charge is 0.493 e. The molecule has 0 bridgehead atoms. The summed E-state index contributed by atoms with van der Waals surface area (Å²) in [6, 6.07) is 6.15. The predicted octanol–water partition coefficient (Wildman–Crippen LogP) is 2.21. The van der Waals surface area contributed by atoms with E-state index in [4.69, 9.17) is 4.74 Å². The van der Waals surface area contributed by atoms with Crippen molar-refractivity contribution in [2.24, 2.45) is 7.05 Å². The molecule has 0 fully saturated rings. The van der Waals surface area contributed by atoms with Crippen molar-refractivity contribution in [1.82, 2.24) is 19.1 Å². The van der Waals surface area contributed by atoms with Gasteiger partial charge >= 0.3 is 0 Å². The lowest BCUT2D eigenvalue weighted by Gasteiger charge is -2.11. The fraction of sp³-hybridized carbons (Fsp3) is 0.200. The number of hydrogen-bond donors (Lipinski definition) is 0. The highest BCUT2D eigenvalue weighted by molar-refractivity contribution is 5.59. The molecule has 5 nitrogen and oxygen atoms in total. The van der Waals surface area contributed by atoms with Gasteiger partial charge in [0.05, 0.1) is 24.8 Å². The molecule has 0 saturated carbocycles. The van der Waals surface area contributed by atoms with E-state index < -0.39 is 0 Å². The zero-order chi connectivity index (χ0) is 13.5. The molecule has 2 aromatic heterocycles. The number of hydrogen-bond acceptors (Lipinski definition) is 3. The van der Waals surface area contributed by atoms with E-state index in [0.29, 0.717) is 0 Å². The van der Waals surface area contributed by atoms with Crippen LogP contribution in [0.4, 0.5) is 0 Å². The molecule has 0 atom stereocenters. The quantitative estimate of drug-likeness (QED) is 0.714. The van der Waals surface area contributed by atoms with Gasteiger partial charge in [0.15, 0.2) is 5.82 Å². The number of rotatable bonds is 2. The van der Waals surface area contributed by atoms with Gasteiger partial charge in [0.1, 0.15) is 11.4 Å². The highest BCUT2D eigenvalue weighted by atomic mass is 16.5. The SMILES string of the molecule is Cn1cncc1-c1nccn1-c1cccc2c1CCO2. The van der Waals surface area contributed by atoms with Crippen LogP contribution in [-0.2, 0) is 13.5 Å². The third kappa shape index (κ3) is 1.56. The number of aryl methyl sites for hydroxylation is 1. The summed E-state index contributed by atoms with van der Waals surface area (Å²) in [4.78, 5) is 8.65. The number of fused-ring (bicyclic) bond motifs is 1. The molecule has 0 aliphatic carbocycles. The van der Waals surface area contributed by atoms with Crippen LogP contribution in [0.3, 0.4) is 0 Å². The summed E-state index contributed by atoms with van der Waals surface area (Å²) < 4.78 is 9.71. The van der Waals surface area contributed by atoms with Crippen LogP contribution in [0.15, 0.2) is 43.1 Å². The molecule has 1 aliphatic heterocycles. The van der Waals surface area contributed by atoms with E-state index in [2.05, 4.69) is 20.6 Å². The van der Waals surface area contributed by atoms with Crippen LogP contribution >= 0.6 is 0 Å². The van der Waals surface area contributed by atoms with Crippen molar-refractivity contribution in [3.05, 3.63) is 48.7 Å². The van der Waals surface area contributed by atoms with Crippen LogP contribution in [-0.4, -0.2) is 25.7 Å². The minimum atomic E-state index is 0.752. The van der Waals surface area contributed by atoms with E-state index in [-0.39, 0.29) is 0 Å². The number of ether oxygens (including phenoxy) is 1. The average molecular weight is 266 g/mol. The normalized spacial score (nSPS) is 13.2. The van der Waals surface area contributed by atoms with Crippen LogP contribution in [0.25, 0.3) is 17.2 Å². The second-order valence-electron chi connectivity index (χ2n) is 4.86. The van der Waals surface area contributed by atoms with Gasteiger partial charge in [-0.25, -0.2) is 9.97 Å². The first-order valence-electron chi connectivity index (χ1n) is 6.60. The van der Waals surface area contributed by atoms with Gasteiger partial charge in [-0.3, -0.25) is 4.57 Å². The Morgan fingerprint density at radius 1 is 1.30 bits per heavy atom. The molecule has 1 aromatic carbocycles. The molecule has 0 radical (unpaired) electrons. The molecule has 3 aromatic rings. The maximum absolute atomic E-state index is 5.64. The first kappa shape index (κ1) is 11.3. The minimum Gasteiger partial charge on any atom is -0.493 e. The number of aromatic nitrogens is 4. The zero-order valence-electron chi connectivity index (χ0n) is 11.2. The smallest absolute Gasteiger partial charge is 0.162 e. The van der Waals surface area contributed by atoms with E-state index >= 15 is 0 Å². The molecule has 1 aliphatic rings. The molecular formula is C15H14N4O. The second kappa shape index (κ2) is 4.23. The maximum Gasteiger partial charge on any atom is 0.162 e. The lowest BCUT2D eigenvalue weighted by molar-refractivity contribution is 0.357. The molecule has 0 N–H and O–H groups in total. The lowest BCUT2D eigenvalue weighted by atomic mass is 10.1. The average Bonchev–Trinajstić information content (AvgIpc) is 3.17. The molecular weight excluding hydrogens is 252 g/mol. The van der Waals surface area contributed by atoms with E-state index in [0.717, 1.165) is 36.0 Å². The number of imidazole rings is 2. The van der Waals surface area contributed by atoms with Crippen LogP contribution < -0.4 is 4.74 Å². The first-order valence-corrected chi connectivity index (χ1v) is 6.60. The monoisotopic (exact) mass is 266 g/mol. The molecule has 4 rings (SSSR count). The molecule has 100 valence electrons. The fourth-order valence-electron chi connectivity index (χ4n) is 2.69. The Morgan fingerprint density at radius 2 is 2.25 bits per heavy atom. The van der Waals surface area contributed by atoms with Gasteiger partial charge in [-0.15, -0.1) is 0 Å². The summed E-state index contributed by atoms with van der Waals surface area (Å²) in [7, 11) is 1.97. The van der Waals surface area contributed by atoms with Crippen LogP contribution in [0.5, 0.6) is 5.75 Å². The molecule has 0 spiro atoms. The molecule has 0 unspecified atom stereocenters. The van der Waals surface area contributed by atoms with E-state index in [1.165, 1.54) is 5.56 Å². The van der Waals surface area contributed by atoms with Gasteiger partial charge in [-0.05, 0) is 12.1 Å². The second-order valence-corrected chi connectivity index (χ2v) is 4.86. The third-order valence-corrected chi connectivity index (χ3v) is 3.66. The van der Waals surface area contributed by atoms with Crippen molar-refractivity contribution in [2.75, 3.05) is 6.61 Å². The van der Waals surface area contributed by atoms with Crippen LogP contribution in [0.2, 0.25) is 0 Å². The Balaban J connectivity index is 1.91. The van der Waals surface area contributed by atoms with Gasteiger partial charge in [-0.1, -0.05) is 6.07 Å². The Labute approximate surface area is 116 Å². The van der Waals surface area contributed by atoms with Gasteiger partial charge in [-0.2, -0.15) is 0 Å². The van der Waals surface area contributed by atoms with Crippen LogP contribution in [0.1, 0.15) is 5.56 Å². The summed E-state index contributed by atoms with van der Waals surface area (Å²) in [5, 5.41) is 0. The zero-order valence-corrected chi connectivity index (χ0v) is 11.2. The molecule has 0 saturated heterocycles. The van der Waals surface area contributed by atoms with E-state index in [9.17, 15) is 0 Å². The summed E-state index contributed by atoms with van der Waals surface area (Å²) >= 11 is 0. The highest BCUT2D eigenvalue weighted by Gasteiger charge is 2.19. The summed E-state index contributed by atoms with van der Waals surface area (Å²) in [6.07, 6.45) is 8.35. The summed E-state index contributed by atoms with van der Waals surface area (Å²) in [5.74, 6) is 1.87. The first-order chi connectivity index (χ1) is 9.84. The Morgan fingerprint density at radius 3 is 3.10 bits per heavy atom. The Kier molecular flexibility index (Phi) is 2.39. The molecule has 3 heterocycles. The molecule has 5 heteroatoms. The van der Waals surface area contributed by atoms with Gasteiger partial charge in [0.2, 0.25) is 0 Å². The number of benzene rings is 1. The number of nitrogens with zero attached hydrogens (tertiary/aromatic N) is 4.